The van der Waals surface area contributed by atoms with Crippen LogP contribution in [0.15, 0.2) is 23.3 Å². The second-order valence-electron chi connectivity index (χ2n) is 5.63. The molecule has 1 unspecified atom stereocenters. The molecule has 1 N–H and O–H groups in total. The zero-order valence-electron chi connectivity index (χ0n) is 14.0. The fraction of sp³-hybridized carbons (Fsp3) is 0.625. The van der Waals surface area contributed by atoms with Gasteiger partial charge in [0.2, 0.25) is 0 Å². The topological polar surface area (TPSA) is 43.8 Å². The normalized spacial score (nSPS) is 19.2. The van der Waals surface area contributed by atoms with Gasteiger partial charge in [-0.15, -0.1) is 0 Å². The third kappa shape index (κ3) is 4.29. The molecule has 2 heterocycles. The fourth-order valence-electron chi connectivity index (χ4n) is 2.64. The highest BCUT2D eigenvalue weighted by Crippen LogP contribution is 2.21. The number of nitrogens with zero attached hydrogens (tertiary/aromatic N) is 4. The van der Waals surface area contributed by atoms with Crippen molar-refractivity contribution < 1.29 is 0 Å². The van der Waals surface area contributed by atoms with E-state index in [-0.39, 0.29) is 0 Å². The largest absolute Gasteiger partial charge is 0.362 e. The van der Waals surface area contributed by atoms with Crippen LogP contribution in [0.25, 0.3) is 0 Å². The molecule has 0 aromatic carbocycles. The number of aliphatic imine (C=N–C) groups is 1. The SMILES string of the molecule is CCC1CN(C(=NC)NCc2cccnc2N(C)C)CCS1. The minimum absolute atomic E-state index is 0.711. The van der Waals surface area contributed by atoms with Gasteiger partial charge < -0.3 is 15.1 Å². The van der Waals surface area contributed by atoms with Crippen LogP contribution >= 0.6 is 11.8 Å². The van der Waals surface area contributed by atoms with Crippen LogP contribution in [0.5, 0.6) is 0 Å². The minimum Gasteiger partial charge on any atom is -0.362 e. The van der Waals surface area contributed by atoms with E-state index >= 15 is 0 Å². The third-order valence-electron chi connectivity index (χ3n) is 3.83. The van der Waals surface area contributed by atoms with Gasteiger partial charge in [-0.1, -0.05) is 13.0 Å². The number of pyridine rings is 1. The number of aromatic nitrogens is 1. The number of thioether (sulfide) groups is 1. The Kier molecular flexibility index (Phi) is 6.36. The van der Waals surface area contributed by atoms with Gasteiger partial charge in [-0.3, -0.25) is 4.99 Å². The van der Waals surface area contributed by atoms with Crippen LogP contribution in [0, 0.1) is 0 Å². The lowest BCUT2D eigenvalue weighted by molar-refractivity contribution is 0.408. The predicted octanol–water partition coefficient (Wildman–Crippen LogP) is 2.05. The average Bonchev–Trinajstić information content (AvgIpc) is 2.56. The van der Waals surface area contributed by atoms with Gasteiger partial charge in [0, 0.05) is 63.5 Å². The smallest absolute Gasteiger partial charge is 0.193 e. The first-order valence-corrected chi connectivity index (χ1v) is 8.89. The van der Waals surface area contributed by atoms with Gasteiger partial charge in [0.05, 0.1) is 0 Å². The Morgan fingerprint density at radius 2 is 2.36 bits per heavy atom. The molecular weight excluding hydrogens is 294 g/mol. The van der Waals surface area contributed by atoms with Crippen LogP contribution in [0.1, 0.15) is 18.9 Å². The van der Waals surface area contributed by atoms with E-state index in [4.69, 9.17) is 0 Å². The van der Waals surface area contributed by atoms with Gasteiger partial charge in [-0.25, -0.2) is 4.98 Å². The van der Waals surface area contributed by atoms with Crippen LogP contribution in [0.3, 0.4) is 0 Å². The van der Waals surface area contributed by atoms with E-state index in [0.717, 1.165) is 31.4 Å². The molecule has 0 bridgehead atoms. The van der Waals surface area contributed by atoms with Crippen LogP contribution < -0.4 is 10.2 Å². The Balaban J connectivity index is 2.00. The predicted molar refractivity (Wildman–Crippen MR) is 96.9 cm³/mol. The van der Waals surface area contributed by atoms with Crippen LogP contribution in [-0.2, 0) is 6.54 Å². The number of hydrogen-bond acceptors (Lipinski definition) is 4. The maximum Gasteiger partial charge on any atom is 0.193 e. The number of hydrogen-bond donors (Lipinski definition) is 1. The molecular formula is C16H27N5S. The van der Waals surface area contributed by atoms with Gasteiger partial charge in [0.1, 0.15) is 5.82 Å². The Labute approximate surface area is 138 Å². The summed E-state index contributed by atoms with van der Waals surface area (Å²) in [7, 11) is 5.91. The molecule has 1 aliphatic rings. The first kappa shape index (κ1) is 16.9. The van der Waals surface area contributed by atoms with Crippen molar-refractivity contribution in [2.24, 2.45) is 4.99 Å². The monoisotopic (exact) mass is 321 g/mol. The first-order chi connectivity index (χ1) is 10.7. The molecule has 1 aromatic heterocycles. The van der Waals surface area contributed by atoms with E-state index in [0.29, 0.717) is 5.25 Å². The molecule has 22 heavy (non-hydrogen) atoms. The summed E-state index contributed by atoms with van der Waals surface area (Å²) in [6.45, 7) is 5.15. The van der Waals surface area contributed by atoms with Gasteiger partial charge in [0.15, 0.2) is 5.96 Å². The van der Waals surface area contributed by atoms with Crippen molar-refractivity contribution in [3.8, 4) is 0 Å². The summed E-state index contributed by atoms with van der Waals surface area (Å²) >= 11 is 2.07. The lowest BCUT2D eigenvalue weighted by atomic mass is 10.2. The zero-order valence-corrected chi connectivity index (χ0v) is 14.9. The Bertz CT molecular complexity index is 503. The minimum atomic E-state index is 0.711. The van der Waals surface area contributed by atoms with Crippen molar-refractivity contribution >= 4 is 23.5 Å². The molecule has 0 amide bonds. The molecule has 1 fully saturated rings. The van der Waals surface area contributed by atoms with Crippen molar-refractivity contribution in [3.05, 3.63) is 23.9 Å². The van der Waals surface area contributed by atoms with E-state index in [1.54, 1.807) is 0 Å². The van der Waals surface area contributed by atoms with E-state index in [1.807, 2.05) is 38.3 Å². The summed E-state index contributed by atoms with van der Waals surface area (Å²) in [6.07, 6.45) is 3.05. The molecule has 0 spiro atoms. The second-order valence-corrected chi connectivity index (χ2v) is 7.04. The Morgan fingerprint density at radius 3 is 3.05 bits per heavy atom. The van der Waals surface area contributed by atoms with Crippen LogP contribution in [0.4, 0.5) is 5.82 Å². The van der Waals surface area contributed by atoms with E-state index in [9.17, 15) is 0 Å². The van der Waals surface area contributed by atoms with E-state index in [1.165, 1.54) is 17.7 Å². The molecule has 2 rings (SSSR count). The fourth-order valence-corrected chi connectivity index (χ4v) is 3.82. The van der Waals surface area contributed by atoms with Gasteiger partial charge >= 0.3 is 0 Å². The number of rotatable bonds is 4. The summed E-state index contributed by atoms with van der Waals surface area (Å²) in [5, 5.41) is 4.21. The van der Waals surface area contributed by atoms with Crippen molar-refractivity contribution in [2.45, 2.75) is 25.1 Å². The molecule has 5 nitrogen and oxygen atoms in total. The number of nitrogens with one attached hydrogen (secondary N) is 1. The quantitative estimate of drug-likeness (QED) is 0.679. The van der Waals surface area contributed by atoms with E-state index in [2.05, 4.69) is 44.9 Å². The van der Waals surface area contributed by atoms with Gasteiger partial charge in [-0.05, 0) is 12.5 Å². The maximum atomic E-state index is 4.46. The second kappa shape index (κ2) is 8.27. The molecule has 0 radical (unpaired) electrons. The summed E-state index contributed by atoms with van der Waals surface area (Å²) in [6, 6.07) is 4.10. The Morgan fingerprint density at radius 1 is 1.55 bits per heavy atom. The lowest BCUT2D eigenvalue weighted by Crippen LogP contribution is -2.47. The molecule has 6 heteroatoms. The Hall–Kier alpha value is -1.43. The van der Waals surface area contributed by atoms with Crippen LogP contribution in [0.2, 0.25) is 0 Å². The zero-order chi connectivity index (χ0) is 15.9. The maximum absolute atomic E-state index is 4.46. The summed E-state index contributed by atoms with van der Waals surface area (Å²) in [5.74, 6) is 3.17. The first-order valence-electron chi connectivity index (χ1n) is 7.84. The molecule has 1 aromatic rings. The molecule has 0 aliphatic carbocycles. The number of anilines is 1. The van der Waals surface area contributed by atoms with Crippen LogP contribution in [-0.4, -0.2) is 61.1 Å². The van der Waals surface area contributed by atoms with Crippen molar-refractivity contribution in [1.29, 1.82) is 0 Å². The number of guanidine groups is 1. The molecule has 1 atom stereocenters. The molecule has 122 valence electrons. The van der Waals surface area contributed by atoms with Gasteiger partial charge in [0.25, 0.3) is 0 Å². The molecule has 0 saturated carbocycles. The summed E-state index contributed by atoms with van der Waals surface area (Å²) in [4.78, 5) is 13.3. The standard InChI is InChI=1S/C16H27N5S/c1-5-14-12-21(9-10-22-14)16(17-2)19-11-13-7-6-8-18-15(13)20(3)4/h6-8,14H,5,9-12H2,1-4H3,(H,17,19). The highest BCUT2D eigenvalue weighted by molar-refractivity contribution is 8.00. The molecule has 1 saturated heterocycles. The summed E-state index contributed by atoms with van der Waals surface area (Å²) < 4.78 is 0. The van der Waals surface area contributed by atoms with E-state index < -0.39 is 0 Å². The summed E-state index contributed by atoms with van der Waals surface area (Å²) in [5.41, 5.74) is 1.19. The highest BCUT2D eigenvalue weighted by Gasteiger charge is 2.21. The van der Waals surface area contributed by atoms with Crippen molar-refractivity contribution in [3.63, 3.8) is 0 Å². The average molecular weight is 321 g/mol. The molecule has 1 aliphatic heterocycles. The highest BCUT2D eigenvalue weighted by atomic mass is 32.2. The van der Waals surface area contributed by atoms with Crippen molar-refractivity contribution in [1.82, 2.24) is 15.2 Å². The lowest BCUT2D eigenvalue weighted by Gasteiger charge is -2.34. The van der Waals surface area contributed by atoms with Gasteiger partial charge in [-0.2, -0.15) is 11.8 Å². The third-order valence-corrected chi connectivity index (χ3v) is 5.21. The van der Waals surface area contributed by atoms with Crippen molar-refractivity contribution in [2.75, 3.05) is 44.9 Å².